The van der Waals surface area contributed by atoms with E-state index >= 15 is 0 Å². The molecule has 15 heavy (non-hydrogen) atoms. The zero-order chi connectivity index (χ0) is 11.3. The third-order valence-electron chi connectivity index (χ3n) is 2.45. The molecule has 1 atom stereocenters. The lowest BCUT2D eigenvalue weighted by atomic mass is 10.00. The molecule has 0 saturated heterocycles. The van der Waals surface area contributed by atoms with Crippen LogP contribution in [-0.4, -0.2) is 12.1 Å². The summed E-state index contributed by atoms with van der Waals surface area (Å²) >= 11 is 0. The maximum atomic E-state index is 6.05. The van der Waals surface area contributed by atoms with Crippen molar-refractivity contribution < 1.29 is 4.74 Å². The van der Waals surface area contributed by atoms with Gasteiger partial charge in [0, 0.05) is 18.3 Å². The Balaban J connectivity index is 2.54. The van der Waals surface area contributed by atoms with E-state index in [2.05, 4.69) is 18.8 Å². The minimum Gasteiger partial charge on any atom is -0.481 e. The van der Waals surface area contributed by atoms with Crippen LogP contribution in [0.25, 0.3) is 0 Å². The number of nitrogens with zero attached hydrogens (tertiary/aromatic N) is 1. The highest BCUT2D eigenvalue weighted by Gasteiger charge is 2.07. The molecule has 0 aromatic carbocycles. The first-order valence-corrected chi connectivity index (χ1v) is 5.39. The van der Waals surface area contributed by atoms with Crippen LogP contribution in [0.15, 0.2) is 18.3 Å². The Morgan fingerprint density at radius 3 is 2.53 bits per heavy atom. The number of hydrogen-bond donors (Lipinski definition) is 1. The van der Waals surface area contributed by atoms with E-state index in [1.54, 1.807) is 13.3 Å². The molecule has 0 radical (unpaired) electrons. The molecule has 0 spiro atoms. The van der Waals surface area contributed by atoms with Crippen LogP contribution >= 0.6 is 0 Å². The Kier molecular flexibility index (Phi) is 4.56. The fraction of sp³-hybridized carbons (Fsp3) is 0.583. The van der Waals surface area contributed by atoms with Gasteiger partial charge < -0.3 is 10.5 Å². The van der Waals surface area contributed by atoms with Gasteiger partial charge in [-0.25, -0.2) is 4.98 Å². The number of ether oxygens (including phenoxy) is 1. The van der Waals surface area contributed by atoms with Crippen LogP contribution in [-0.2, 0) is 0 Å². The monoisotopic (exact) mass is 208 g/mol. The molecule has 1 aromatic heterocycles. The molecule has 1 aromatic rings. The van der Waals surface area contributed by atoms with Gasteiger partial charge >= 0.3 is 0 Å². The maximum Gasteiger partial charge on any atom is 0.212 e. The van der Waals surface area contributed by atoms with Crippen LogP contribution in [0.1, 0.15) is 38.3 Å². The number of nitrogens with two attached hydrogens (primary N) is 1. The van der Waals surface area contributed by atoms with Crippen molar-refractivity contribution in [1.29, 1.82) is 0 Å². The number of rotatable bonds is 5. The fourth-order valence-corrected chi connectivity index (χ4v) is 1.41. The van der Waals surface area contributed by atoms with Gasteiger partial charge in [-0.05, 0) is 24.3 Å². The molecule has 3 heteroatoms. The predicted octanol–water partition coefficient (Wildman–Crippen LogP) is 2.53. The number of hydrogen-bond acceptors (Lipinski definition) is 3. The van der Waals surface area contributed by atoms with E-state index in [1.165, 1.54) is 0 Å². The van der Waals surface area contributed by atoms with Crippen molar-refractivity contribution >= 4 is 0 Å². The molecule has 0 aliphatic heterocycles. The van der Waals surface area contributed by atoms with E-state index in [1.807, 2.05) is 12.1 Å². The van der Waals surface area contributed by atoms with Crippen LogP contribution in [0.4, 0.5) is 0 Å². The second kappa shape index (κ2) is 5.71. The first-order chi connectivity index (χ1) is 7.13. The van der Waals surface area contributed by atoms with Crippen molar-refractivity contribution in [3.63, 3.8) is 0 Å². The summed E-state index contributed by atoms with van der Waals surface area (Å²) in [7, 11) is 1.61. The van der Waals surface area contributed by atoms with Crippen molar-refractivity contribution in [3.05, 3.63) is 23.9 Å². The van der Waals surface area contributed by atoms with Gasteiger partial charge in [0.15, 0.2) is 0 Å². The average Bonchev–Trinajstić information content (AvgIpc) is 2.26. The van der Waals surface area contributed by atoms with E-state index in [0.29, 0.717) is 11.8 Å². The van der Waals surface area contributed by atoms with Gasteiger partial charge in [0.05, 0.1) is 7.11 Å². The van der Waals surface area contributed by atoms with E-state index in [0.717, 1.165) is 18.4 Å². The Bertz CT molecular complexity index is 282. The first-order valence-electron chi connectivity index (χ1n) is 5.39. The highest BCUT2D eigenvalue weighted by Crippen LogP contribution is 2.19. The van der Waals surface area contributed by atoms with Gasteiger partial charge in [0.25, 0.3) is 0 Å². The first kappa shape index (κ1) is 12.0. The molecule has 1 heterocycles. The van der Waals surface area contributed by atoms with Crippen LogP contribution in [0.2, 0.25) is 0 Å². The smallest absolute Gasteiger partial charge is 0.212 e. The van der Waals surface area contributed by atoms with Crippen LogP contribution in [0.3, 0.4) is 0 Å². The van der Waals surface area contributed by atoms with Gasteiger partial charge in [0.1, 0.15) is 0 Å². The summed E-state index contributed by atoms with van der Waals surface area (Å²) in [6.07, 6.45) is 3.95. The normalized spacial score (nSPS) is 12.9. The van der Waals surface area contributed by atoms with Crippen molar-refractivity contribution in [3.8, 4) is 5.88 Å². The summed E-state index contributed by atoms with van der Waals surface area (Å²) in [5.74, 6) is 1.33. The Morgan fingerprint density at radius 2 is 2.07 bits per heavy atom. The number of pyridine rings is 1. The molecule has 0 unspecified atom stereocenters. The zero-order valence-corrected chi connectivity index (χ0v) is 9.73. The van der Waals surface area contributed by atoms with E-state index in [-0.39, 0.29) is 6.04 Å². The maximum absolute atomic E-state index is 6.05. The lowest BCUT2D eigenvalue weighted by Gasteiger charge is -2.13. The summed E-state index contributed by atoms with van der Waals surface area (Å²) in [5, 5.41) is 0. The van der Waals surface area contributed by atoms with Crippen LogP contribution in [0, 0.1) is 5.92 Å². The summed E-state index contributed by atoms with van der Waals surface area (Å²) in [6, 6.07) is 3.92. The Labute approximate surface area is 91.7 Å². The van der Waals surface area contributed by atoms with E-state index in [4.69, 9.17) is 10.5 Å². The largest absolute Gasteiger partial charge is 0.481 e. The number of methoxy groups -OCH3 is 1. The standard InChI is InChI=1S/C12H20N2O/c1-9(2)4-6-11(13)10-5-7-12(15-3)14-8-10/h5,7-9,11H,4,6,13H2,1-3H3/t11-/m1/s1. The quantitative estimate of drug-likeness (QED) is 0.808. The predicted molar refractivity (Wildman–Crippen MR) is 61.8 cm³/mol. The molecule has 0 aliphatic rings. The molecule has 2 N–H and O–H groups in total. The molecule has 0 fully saturated rings. The van der Waals surface area contributed by atoms with Gasteiger partial charge in [-0.3, -0.25) is 0 Å². The SMILES string of the molecule is COc1ccc([C@H](N)CCC(C)C)cn1. The molecule has 0 bridgehead atoms. The van der Waals surface area contributed by atoms with Gasteiger partial charge in [-0.2, -0.15) is 0 Å². The summed E-state index contributed by atoms with van der Waals surface area (Å²) in [4.78, 5) is 4.14. The second-order valence-electron chi connectivity index (χ2n) is 4.21. The summed E-state index contributed by atoms with van der Waals surface area (Å²) in [5.41, 5.74) is 7.13. The molecule has 1 rings (SSSR count). The molecule has 0 amide bonds. The highest BCUT2D eigenvalue weighted by molar-refractivity contribution is 5.20. The molecule has 0 aliphatic carbocycles. The van der Waals surface area contributed by atoms with Crippen molar-refractivity contribution in [1.82, 2.24) is 4.98 Å². The van der Waals surface area contributed by atoms with Crippen molar-refractivity contribution in [2.45, 2.75) is 32.7 Å². The van der Waals surface area contributed by atoms with Crippen LogP contribution < -0.4 is 10.5 Å². The van der Waals surface area contributed by atoms with Crippen molar-refractivity contribution in [2.75, 3.05) is 7.11 Å². The lowest BCUT2D eigenvalue weighted by molar-refractivity contribution is 0.397. The third kappa shape index (κ3) is 3.88. The van der Waals surface area contributed by atoms with Gasteiger partial charge in [0.2, 0.25) is 5.88 Å². The van der Waals surface area contributed by atoms with Crippen LogP contribution in [0.5, 0.6) is 5.88 Å². The fourth-order valence-electron chi connectivity index (χ4n) is 1.41. The second-order valence-corrected chi connectivity index (χ2v) is 4.21. The summed E-state index contributed by atoms with van der Waals surface area (Å²) in [6.45, 7) is 4.41. The molecular formula is C12H20N2O. The molecule has 84 valence electrons. The summed E-state index contributed by atoms with van der Waals surface area (Å²) < 4.78 is 5.00. The lowest BCUT2D eigenvalue weighted by Crippen LogP contribution is -2.11. The Morgan fingerprint density at radius 1 is 1.33 bits per heavy atom. The minimum absolute atomic E-state index is 0.0887. The molecule has 3 nitrogen and oxygen atoms in total. The molecule has 0 saturated carbocycles. The van der Waals surface area contributed by atoms with Crippen molar-refractivity contribution in [2.24, 2.45) is 11.7 Å². The van der Waals surface area contributed by atoms with Gasteiger partial charge in [-0.15, -0.1) is 0 Å². The number of aromatic nitrogens is 1. The average molecular weight is 208 g/mol. The molecular weight excluding hydrogens is 188 g/mol. The van der Waals surface area contributed by atoms with Gasteiger partial charge in [-0.1, -0.05) is 19.9 Å². The zero-order valence-electron chi connectivity index (χ0n) is 9.73. The highest BCUT2D eigenvalue weighted by atomic mass is 16.5. The topological polar surface area (TPSA) is 48.1 Å². The Hall–Kier alpha value is -1.09. The minimum atomic E-state index is 0.0887. The third-order valence-corrected chi connectivity index (χ3v) is 2.45. The van der Waals surface area contributed by atoms with E-state index in [9.17, 15) is 0 Å². The van der Waals surface area contributed by atoms with E-state index < -0.39 is 0 Å².